The van der Waals surface area contributed by atoms with E-state index in [4.69, 9.17) is 13.7 Å². The van der Waals surface area contributed by atoms with Crippen molar-refractivity contribution in [1.29, 1.82) is 0 Å². The van der Waals surface area contributed by atoms with Gasteiger partial charge >= 0.3 is 5.97 Å². The van der Waals surface area contributed by atoms with Gasteiger partial charge < -0.3 is 14.4 Å². The molecule has 26 heavy (non-hydrogen) atoms. The van der Waals surface area contributed by atoms with Gasteiger partial charge in [-0.05, 0) is 12.2 Å². The topological polar surface area (TPSA) is 99.2 Å². The lowest BCUT2D eigenvalue weighted by atomic mass is 9.76. The number of nitrogens with zero attached hydrogens (tertiary/aromatic N) is 1. The molecule has 1 saturated heterocycles. The predicted molar refractivity (Wildman–Crippen MR) is 90.9 cm³/mol. The zero-order valence-corrected chi connectivity index (χ0v) is 15.5. The van der Waals surface area contributed by atoms with Crippen LogP contribution in [0.15, 0.2) is 12.2 Å². The minimum absolute atomic E-state index is 0.0234. The molecule has 2 rings (SSSR count). The maximum atomic E-state index is 12.7. The fraction of sp³-hybridized carbons (Fsp3) is 0.529. The summed E-state index contributed by atoms with van der Waals surface area (Å²) < 4.78 is 37.7. The highest BCUT2D eigenvalue weighted by Gasteiger charge is 2.64. The van der Waals surface area contributed by atoms with Gasteiger partial charge in [-0.3, -0.25) is 13.8 Å². The van der Waals surface area contributed by atoms with Crippen molar-refractivity contribution in [1.82, 2.24) is 4.90 Å². The fourth-order valence-electron chi connectivity index (χ4n) is 2.88. The van der Waals surface area contributed by atoms with Crippen LogP contribution in [0.5, 0.6) is 0 Å². The number of amides is 1. The van der Waals surface area contributed by atoms with Gasteiger partial charge in [-0.15, -0.1) is 0 Å². The van der Waals surface area contributed by atoms with Crippen LogP contribution in [0.3, 0.4) is 0 Å². The standard InChI is InChI=1S/C17H19NO7S/c1-13(19)25-14-9-7-5-4-6-8-10-17(23-2)15(14)18(16(17)20)11-12-24-26(3,21)22/h4-5,14-15H,10-12H2,1-3H3/b5-4-/t14-,15+,17-/m1/s1. The van der Waals surface area contributed by atoms with Gasteiger partial charge in [0.05, 0.1) is 12.9 Å². The summed E-state index contributed by atoms with van der Waals surface area (Å²) >= 11 is 0. The van der Waals surface area contributed by atoms with Crippen LogP contribution in [-0.4, -0.2) is 69.5 Å². The third-order valence-corrected chi connectivity index (χ3v) is 4.53. The first-order valence-corrected chi connectivity index (χ1v) is 9.55. The molecule has 0 spiro atoms. The highest BCUT2D eigenvalue weighted by atomic mass is 32.2. The molecule has 8 nitrogen and oxygen atoms in total. The van der Waals surface area contributed by atoms with Gasteiger partial charge in [0.25, 0.3) is 16.0 Å². The van der Waals surface area contributed by atoms with Gasteiger partial charge in [-0.25, -0.2) is 0 Å². The number of likely N-dealkylation sites (tertiary alicyclic amines) is 1. The van der Waals surface area contributed by atoms with Gasteiger partial charge in [0, 0.05) is 27.0 Å². The van der Waals surface area contributed by atoms with E-state index in [0.29, 0.717) is 0 Å². The maximum absolute atomic E-state index is 12.7. The van der Waals surface area contributed by atoms with Crippen molar-refractivity contribution in [3.63, 3.8) is 0 Å². The number of esters is 1. The van der Waals surface area contributed by atoms with Crippen LogP contribution in [0.25, 0.3) is 0 Å². The molecular weight excluding hydrogens is 362 g/mol. The largest absolute Gasteiger partial charge is 0.447 e. The molecule has 140 valence electrons. The minimum Gasteiger partial charge on any atom is -0.447 e. The van der Waals surface area contributed by atoms with Crippen LogP contribution in [0, 0.1) is 23.7 Å². The second-order valence-corrected chi connectivity index (χ2v) is 7.36. The monoisotopic (exact) mass is 381 g/mol. The van der Waals surface area contributed by atoms with E-state index in [9.17, 15) is 18.0 Å². The smallest absolute Gasteiger partial charge is 0.303 e. The number of β-lactam (4-membered cyclic amide) rings is 1. The van der Waals surface area contributed by atoms with Crippen molar-refractivity contribution < 1.29 is 31.7 Å². The van der Waals surface area contributed by atoms with Gasteiger partial charge in [-0.2, -0.15) is 8.42 Å². The molecule has 0 aromatic carbocycles. The number of fused-ring (bicyclic) bond motifs is 1. The molecular formula is C17H19NO7S. The molecule has 1 aliphatic carbocycles. The molecule has 0 saturated carbocycles. The second-order valence-electron chi connectivity index (χ2n) is 5.71. The summed E-state index contributed by atoms with van der Waals surface area (Å²) in [5.74, 6) is 10.2. The lowest BCUT2D eigenvalue weighted by Gasteiger charge is -2.55. The van der Waals surface area contributed by atoms with Crippen molar-refractivity contribution in [2.24, 2.45) is 0 Å². The third kappa shape index (κ3) is 4.25. The number of carbonyl (C=O) groups is 2. The van der Waals surface area contributed by atoms with Crippen LogP contribution in [0.2, 0.25) is 0 Å². The molecule has 1 amide bonds. The number of rotatable bonds is 6. The van der Waals surface area contributed by atoms with E-state index in [1.54, 1.807) is 0 Å². The molecule has 0 unspecified atom stereocenters. The lowest BCUT2D eigenvalue weighted by molar-refractivity contribution is -0.211. The molecule has 3 atom stereocenters. The summed E-state index contributed by atoms with van der Waals surface area (Å²) in [5.41, 5.74) is -1.32. The van der Waals surface area contributed by atoms with E-state index < -0.39 is 33.8 Å². The summed E-state index contributed by atoms with van der Waals surface area (Å²) in [4.78, 5) is 25.5. The Kier molecular flexibility index (Phi) is 6.09. The molecule has 0 aromatic rings. The number of hydrogen-bond donors (Lipinski definition) is 0. The number of ether oxygens (including phenoxy) is 2. The number of carbonyl (C=O) groups excluding carboxylic acids is 2. The van der Waals surface area contributed by atoms with E-state index in [1.807, 2.05) is 0 Å². The number of methoxy groups -OCH3 is 1. The van der Waals surface area contributed by atoms with Crippen molar-refractivity contribution in [2.45, 2.75) is 31.1 Å². The van der Waals surface area contributed by atoms with Crippen molar-refractivity contribution >= 4 is 22.0 Å². The Morgan fingerprint density at radius 1 is 1.38 bits per heavy atom. The highest BCUT2D eigenvalue weighted by molar-refractivity contribution is 7.85. The average Bonchev–Trinajstić information content (AvgIpc) is 2.55. The molecule has 0 radical (unpaired) electrons. The van der Waals surface area contributed by atoms with E-state index in [1.165, 1.54) is 31.1 Å². The normalized spacial score (nSPS) is 28.4. The quantitative estimate of drug-likeness (QED) is 0.264. The summed E-state index contributed by atoms with van der Waals surface area (Å²) in [7, 11) is -2.27. The van der Waals surface area contributed by atoms with Gasteiger partial charge in [-0.1, -0.05) is 23.7 Å². The van der Waals surface area contributed by atoms with Gasteiger partial charge in [0.15, 0.2) is 11.7 Å². The Bertz CT molecular complexity index is 840. The zero-order valence-electron chi connectivity index (χ0n) is 14.6. The molecule has 0 aromatic heterocycles. The van der Waals surface area contributed by atoms with Gasteiger partial charge in [0.2, 0.25) is 0 Å². The minimum atomic E-state index is -3.64. The molecule has 0 N–H and O–H groups in total. The summed E-state index contributed by atoms with van der Waals surface area (Å²) in [5, 5.41) is 0. The van der Waals surface area contributed by atoms with Gasteiger partial charge in [0.1, 0.15) is 6.04 Å². The van der Waals surface area contributed by atoms with Crippen LogP contribution < -0.4 is 0 Å². The van der Waals surface area contributed by atoms with Crippen LogP contribution >= 0.6 is 0 Å². The Labute approximate surface area is 152 Å². The Morgan fingerprint density at radius 3 is 2.69 bits per heavy atom. The predicted octanol–water partition coefficient (Wildman–Crippen LogP) is -0.543. The summed E-state index contributed by atoms with van der Waals surface area (Å²) in [6, 6.07) is -0.736. The summed E-state index contributed by atoms with van der Waals surface area (Å²) in [6.45, 7) is 0.985. The van der Waals surface area contributed by atoms with Crippen LogP contribution in [0.1, 0.15) is 13.3 Å². The lowest BCUT2D eigenvalue weighted by Crippen LogP contribution is -2.78. The Hall–Kier alpha value is -2.33. The highest BCUT2D eigenvalue weighted by Crippen LogP contribution is 2.39. The van der Waals surface area contributed by atoms with Crippen molar-refractivity contribution in [2.75, 3.05) is 26.5 Å². The number of hydrogen-bond acceptors (Lipinski definition) is 7. The third-order valence-electron chi connectivity index (χ3n) is 3.94. The zero-order chi connectivity index (χ0) is 19.4. The van der Waals surface area contributed by atoms with E-state index in [0.717, 1.165) is 6.26 Å². The molecule has 1 fully saturated rings. The maximum Gasteiger partial charge on any atom is 0.303 e. The van der Waals surface area contributed by atoms with E-state index >= 15 is 0 Å². The van der Waals surface area contributed by atoms with E-state index in [2.05, 4.69) is 23.7 Å². The second kappa shape index (κ2) is 7.92. The Balaban J connectivity index is 2.34. The molecule has 1 aliphatic heterocycles. The van der Waals surface area contributed by atoms with Crippen molar-refractivity contribution in [3.05, 3.63) is 12.2 Å². The first-order chi connectivity index (χ1) is 12.2. The summed E-state index contributed by atoms with van der Waals surface area (Å²) in [6.07, 6.45) is 3.10. The van der Waals surface area contributed by atoms with E-state index in [-0.39, 0.29) is 25.5 Å². The SMILES string of the molecule is CO[C@]12CC#C/C=C\C#C[C@@H](OC(C)=O)[C@@H]1N(CCOS(C)(=O)=O)C2=O. The first kappa shape index (κ1) is 20.0. The van der Waals surface area contributed by atoms with Crippen LogP contribution in [0.4, 0.5) is 0 Å². The number of allylic oxidation sites excluding steroid dienone is 2. The molecule has 0 bridgehead atoms. The molecule has 9 heteroatoms. The molecule has 1 heterocycles. The van der Waals surface area contributed by atoms with Crippen molar-refractivity contribution in [3.8, 4) is 23.7 Å². The fourth-order valence-corrected chi connectivity index (χ4v) is 3.26. The molecule has 2 aliphatic rings. The average molecular weight is 381 g/mol. The van der Waals surface area contributed by atoms with Crippen LogP contribution in [-0.2, 0) is 33.4 Å². The Morgan fingerprint density at radius 2 is 2.08 bits per heavy atom. The first-order valence-electron chi connectivity index (χ1n) is 7.73.